The van der Waals surface area contributed by atoms with Gasteiger partial charge in [-0.05, 0) is 38.0 Å². The third kappa shape index (κ3) is 1.72. The first-order valence-corrected chi connectivity index (χ1v) is 8.00. The number of imide groups is 1. The van der Waals surface area contributed by atoms with Gasteiger partial charge >= 0.3 is 6.03 Å². The predicted octanol–water partition coefficient (Wildman–Crippen LogP) is 1.76. The molecular formula is C15H22N2O3. The average molecular weight is 278 g/mol. The van der Waals surface area contributed by atoms with Crippen LogP contribution in [0.1, 0.15) is 44.9 Å². The van der Waals surface area contributed by atoms with Crippen LogP contribution in [0.2, 0.25) is 0 Å². The highest BCUT2D eigenvalue weighted by molar-refractivity contribution is 6.04. The van der Waals surface area contributed by atoms with E-state index in [9.17, 15) is 9.59 Å². The highest BCUT2D eigenvalue weighted by Gasteiger charge is 2.54. The molecule has 4 aliphatic rings. The number of urea groups is 1. The highest BCUT2D eigenvalue weighted by atomic mass is 16.5. The molecule has 4 atom stereocenters. The summed E-state index contributed by atoms with van der Waals surface area (Å²) in [5.41, 5.74) is 0. The molecule has 1 aliphatic carbocycles. The van der Waals surface area contributed by atoms with Gasteiger partial charge in [0, 0.05) is 12.6 Å². The van der Waals surface area contributed by atoms with Gasteiger partial charge in [0.1, 0.15) is 6.04 Å². The van der Waals surface area contributed by atoms with Crippen molar-refractivity contribution in [1.29, 1.82) is 0 Å². The Morgan fingerprint density at radius 1 is 1.00 bits per heavy atom. The van der Waals surface area contributed by atoms with Crippen LogP contribution in [0.25, 0.3) is 0 Å². The Morgan fingerprint density at radius 2 is 1.85 bits per heavy atom. The quantitative estimate of drug-likeness (QED) is 0.687. The third-order valence-corrected chi connectivity index (χ3v) is 5.59. The number of nitrogens with zero attached hydrogens (tertiary/aromatic N) is 2. The molecule has 20 heavy (non-hydrogen) atoms. The lowest BCUT2D eigenvalue weighted by molar-refractivity contribution is -0.131. The normalized spacial score (nSPS) is 41.0. The Hall–Kier alpha value is -1.10. The van der Waals surface area contributed by atoms with Gasteiger partial charge in [-0.15, -0.1) is 0 Å². The van der Waals surface area contributed by atoms with Crippen molar-refractivity contribution in [2.45, 2.75) is 63.1 Å². The van der Waals surface area contributed by atoms with Crippen molar-refractivity contribution in [3.8, 4) is 0 Å². The van der Waals surface area contributed by atoms with Crippen molar-refractivity contribution in [3.63, 3.8) is 0 Å². The Bertz CT molecular complexity index is 433. The monoisotopic (exact) mass is 278 g/mol. The van der Waals surface area contributed by atoms with E-state index in [1.54, 1.807) is 0 Å². The molecule has 3 amide bonds. The number of ether oxygens (including phenoxy) is 1. The Morgan fingerprint density at radius 3 is 2.65 bits per heavy atom. The first kappa shape index (κ1) is 12.6. The highest BCUT2D eigenvalue weighted by Crippen LogP contribution is 2.42. The molecule has 3 aliphatic heterocycles. The fourth-order valence-corrected chi connectivity index (χ4v) is 4.59. The molecule has 5 heteroatoms. The Balaban J connectivity index is 1.61. The van der Waals surface area contributed by atoms with Crippen LogP contribution in [-0.2, 0) is 9.53 Å². The lowest BCUT2D eigenvalue weighted by Crippen LogP contribution is -2.52. The zero-order valence-electron chi connectivity index (χ0n) is 11.8. The van der Waals surface area contributed by atoms with Gasteiger partial charge in [-0.2, -0.15) is 0 Å². The first-order valence-electron chi connectivity index (χ1n) is 8.00. The minimum atomic E-state index is -0.178. The molecule has 0 N–H and O–H groups in total. The van der Waals surface area contributed by atoms with Crippen molar-refractivity contribution in [3.05, 3.63) is 0 Å². The molecule has 5 nitrogen and oxygen atoms in total. The van der Waals surface area contributed by atoms with E-state index in [0.717, 1.165) is 25.7 Å². The fourth-order valence-electron chi connectivity index (χ4n) is 4.59. The summed E-state index contributed by atoms with van der Waals surface area (Å²) >= 11 is 0. The number of hydrogen-bond donors (Lipinski definition) is 0. The molecule has 0 bridgehead atoms. The molecule has 4 fully saturated rings. The molecule has 4 unspecified atom stereocenters. The second-order valence-electron chi connectivity index (χ2n) is 6.62. The first-order chi connectivity index (χ1) is 9.77. The van der Waals surface area contributed by atoms with Crippen LogP contribution in [0.4, 0.5) is 4.79 Å². The lowest BCUT2D eigenvalue weighted by Gasteiger charge is -2.44. The summed E-state index contributed by atoms with van der Waals surface area (Å²) in [6.07, 6.45) is 7.54. The predicted molar refractivity (Wildman–Crippen MR) is 72.1 cm³/mol. The maximum Gasteiger partial charge on any atom is 0.328 e. The van der Waals surface area contributed by atoms with Crippen LogP contribution in [0.3, 0.4) is 0 Å². The summed E-state index contributed by atoms with van der Waals surface area (Å²) in [6, 6.07) is 0.0726. The zero-order valence-corrected chi connectivity index (χ0v) is 11.8. The van der Waals surface area contributed by atoms with Crippen molar-refractivity contribution in [1.82, 2.24) is 9.80 Å². The topological polar surface area (TPSA) is 49.9 Å². The van der Waals surface area contributed by atoms with Gasteiger partial charge in [0.25, 0.3) is 5.91 Å². The third-order valence-electron chi connectivity index (χ3n) is 5.59. The van der Waals surface area contributed by atoms with E-state index in [1.165, 1.54) is 24.2 Å². The molecular weight excluding hydrogens is 256 g/mol. The lowest BCUT2D eigenvalue weighted by atomic mass is 9.77. The van der Waals surface area contributed by atoms with Crippen LogP contribution in [0, 0.1) is 5.92 Å². The van der Waals surface area contributed by atoms with E-state index in [2.05, 4.69) is 0 Å². The zero-order chi connectivity index (χ0) is 13.7. The maximum atomic E-state index is 12.8. The number of carbonyl (C=O) groups is 2. The maximum absolute atomic E-state index is 12.8. The SMILES string of the molecule is O=C1C2CCC3CCCCC3N2C(=O)N1C1CCOC1. The molecule has 3 heterocycles. The van der Waals surface area contributed by atoms with Gasteiger partial charge in [-0.25, -0.2) is 4.79 Å². The summed E-state index contributed by atoms with van der Waals surface area (Å²) in [5, 5.41) is 0. The van der Waals surface area contributed by atoms with Gasteiger partial charge in [-0.3, -0.25) is 9.69 Å². The van der Waals surface area contributed by atoms with E-state index in [1.807, 2.05) is 4.90 Å². The van der Waals surface area contributed by atoms with Crippen molar-refractivity contribution < 1.29 is 14.3 Å². The number of amides is 3. The molecule has 0 aromatic carbocycles. The van der Waals surface area contributed by atoms with E-state index >= 15 is 0 Å². The van der Waals surface area contributed by atoms with Gasteiger partial charge in [-0.1, -0.05) is 12.8 Å². The minimum absolute atomic E-state index is 0.0253. The number of piperidine rings is 1. The molecule has 4 rings (SSSR count). The molecule has 0 aromatic heterocycles. The van der Waals surface area contributed by atoms with Crippen LogP contribution >= 0.6 is 0 Å². The number of rotatable bonds is 1. The molecule has 1 saturated carbocycles. The fraction of sp³-hybridized carbons (Fsp3) is 0.867. The second kappa shape index (κ2) is 4.72. The Kier molecular flexibility index (Phi) is 2.98. The van der Waals surface area contributed by atoms with Crippen molar-refractivity contribution in [2.75, 3.05) is 13.2 Å². The molecule has 3 saturated heterocycles. The van der Waals surface area contributed by atoms with Crippen LogP contribution in [0.5, 0.6) is 0 Å². The van der Waals surface area contributed by atoms with Crippen LogP contribution in [-0.4, -0.2) is 53.1 Å². The second-order valence-corrected chi connectivity index (χ2v) is 6.62. The summed E-state index contributed by atoms with van der Waals surface area (Å²) < 4.78 is 5.36. The van der Waals surface area contributed by atoms with Crippen molar-refractivity contribution in [2.24, 2.45) is 5.92 Å². The average Bonchev–Trinajstić information content (AvgIpc) is 3.07. The molecule has 0 radical (unpaired) electrons. The standard InChI is InChI=1S/C15H22N2O3/c18-14-13-6-5-10-3-1-2-4-12(10)17(13)15(19)16(14)11-7-8-20-9-11/h10-13H,1-9H2. The van der Waals surface area contributed by atoms with E-state index in [4.69, 9.17) is 4.74 Å². The summed E-state index contributed by atoms with van der Waals surface area (Å²) in [4.78, 5) is 28.8. The number of carbonyl (C=O) groups excluding carboxylic acids is 2. The van der Waals surface area contributed by atoms with E-state index in [0.29, 0.717) is 25.2 Å². The minimum Gasteiger partial charge on any atom is -0.379 e. The smallest absolute Gasteiger partial charge is 0.328 e. The van der Waals surface area contributed by atoms with E-state index in [-0.39, 0.29) is 24.0 Å². The van der Waals surface area contributed by atoms with Gasteiger partial charge in [0.05, 0.1) is 12.6 Å². The van der Waals surface area contributed by atoms with Gasteiger partial charge < -0.3 is 9.64 Å². The summed E-state index contributed by atoms with van der Waals surface area (Å²) in [5.74, 6) is 0.658. The number of hydrogen-bond acceptors (Lipinski definition) is 3. The van der Waals surface area contributed by atoms with Gasteiger partial charge in [0.2, 0.25) is 0 Å². The largest absolute Gasteiger partial charge is 0.379 e. The Labute approximate surface area is 119 Å². The molecule has 0 spiro atoms. The van der Waals surface area contributed by atoms with Crippen LogP contribution < -0.4 is 0 Å². The van der Waals surface area contributed by atoms with Crippen LogP contribution in [0.15, 0.2) is 0 Å². The molecule has 110 valence electrons. The van der Waals surface area contributed by atoms with E-state index < -0.39 is 0 Å². The summed E-state index contributed by atoms with van der Waals surface area (Å²) in [7, 11) is 0. The van der Waals surface area contributed by atoms with Crippen molar-refractivity contribution >= 4 is 11.9 Å². The number of fused-ring (bicyclic) bond motifs is 3. The molecule has 0 aromatic rings. The summed E-state index contributed by atoms with van der Waals surface area (Å²) in [6.45, 7) is 1.19. The van der Waals surface area contributed by atoms with Gasteiger partial charge in [0.15, 0.2) is 0 Å².